The Morgan fingerprint density at radius 1 is 1.24 bits per heavy atom. The molecule has 3 rings (SSSR count). The molecule has 0 atom stereocenters. The fourth-order valence-corrected chi connectivity index (χ4v) is 3.05. The number of benzene rings is 1. The monoisotopic (exact) mass is 249 g/mol. The van der Waals surface area contributed by atoms with E-state index in [1.54, 1.807) is 0 Å². The fraction of sp³-hybridized carbons (Fsp3) is 0.600. The van der Waals surface area contributed by atoms with Gasteiger partial charge in [0.25, 0.3) is 0 Å². The number of hydrogen-bond donors (Lipinski definition) is 1. The topological polar surface area (TPSA) is 12.0 Å². The highest BCUT2D eigenvalue weighted by molar-refractivity contribution is 6.30. The third-order valence-corrected chi connectivity index (χ3v) is 4.61. The van der Waals surface area contributed by atoms with E-state index in [1.807, 2.05) is 6.07 Å². The Labute approximate surface area is 109 Å². The lowest BCUT2D eigenvalue weighted by molar-refractivity contribution is 0.237. The summed E-state index contributed by atoms with van der Waals surface area (Å²) in [6.07, 6.45) is 6.90. The summed E-state index contributed by atoms with van der Waals surface area (Å²) in [5, 5.41) is 4.57. The van der Waals surface area contributed by atoms with E-state index in [1.165, 1.54) is 44.2 Å². The van der Waals surface area contributed by atoms with Crippen molar-refractivity contribution in [2.24, 2.45) is 5.92 Å². The standard InChI is InChI=1S/C15H20ClN/c16-14-6-2-5-12(7-14)13-8-15(9-13)17-10-11-3-1-4-11/h2,5-7,11,13,15,17H,1,3-4,8-10H2. The van der Waals surface area contributed by atoms with Crippen LogP contribution >= 0.6 is 11.6 Å². The molecule has 92 valence electrons. The van der Waals surface area contributed by atoms with Crippen LogP contribution in [-0.2, 0) is 0 Å². The highest BCUT2D eigenvalue weighted by Gasteiger charge is 2.30. The van der Waals surface area contributed by atoms with Gasteiger partial charge >= 0.3 is 0 Å². The third-order valence-electron chi connectivity index (χ3n) is 4.38. The smallest absolute Gasteiger partial charge is 0.0408 e. The molecule has 1 aromatic carbocycles. The van der Waals surface area contributed by atoms with Crippen LogP contribution in [0.1, 0.15) is 43.6 Å². The summed E-state index contributed by atoms with van der Waals surface area (Å²) in [6, 6.07) is 9.09. The van der Waals surface area contributed by atoms with Gasteiger partial charge in [-0.2, -0.15) is 0 Å². The van der Waals surface area contributed by atoms with Crippen molar-refractivity contribution in [3.05, 3.63) is 34.9 Å². The van der Waals surface area contributed by atoms with Gasteiger partial charge in [-0.25, -0.2) is 0 Å². The first-order valence-corrected chi connectivity index (χ1v) is 7.18. The number of halogens is 1. The van der Waals surface area contributed by atoms with E-state index in [0.717, 1.165) is 22.9 Å². The highest BCUT2D eigenvalue weighted by Crippen LogP contribution is 2.38. The van der Waals surface area contributed by atoms with E-state index in [0.29, 0.717) is 0 Å². The molecule has 2 fully saturated rings. The molecule has 0 spiro atoms. The molecule has 1 nitrogen and oxygen atoms in total. The summed E-state index contributed by atoms with van der Waals surface area (Å²) in [7, 11) is 0. The fourth-order valence-electron chi connectivity index (χ4n) is 2.85. The molecular weight excluding hydrogens is 230 g/mol. The zero-order valence-electron chi connectivity index (χ0n) is 10.2. The predicted octanol–water partition coefficient (Wildman–Crippen LogP) is 3.98. The minimum atomic E-state index is 0.729. The maximum Gasteiger partial charge on any atom is 0.0408 e. The van der Waals surface area contributed by atoms with E-state index >= 15 is 0 Å². The first-order valence-electron chi connectivity index (χ1n) is 6.80. The molecule has 17 heavy (non-hydrogen) atoms. The Morgan fingerprint density at radius 2 is 2.06 bits per heavy atom. The van der Waals surface area contributed by atoms with Gasteiger partial charge in [0.05, 0.1) is 0 Å². The second kappa shape index (κ2) is 4.99. The van der Waals surface area contributed by atoms with Crippen LogP contribution in [0.4, 0.5) is 0 Å². The number of rotatable bonds is 4. The summed E-state index contributed by atoms with van der Waals surface area (Å²) in [4.78, 5) is 0. The Kier molecular flexibility index (Phi) is 3.39. The quantitative estimate of drug-likeness (QED) is 0.851. The van der Waals surface area contributed by atoms with Crippen LogP contribution in [0.2, 0.25) is 5.02 Å². The van der Waals surface area contributed by atoms with Crippen molar-refractivity contribution in [1.29, 1.82) is 0 Å². The van der Waals surface area contributed by atoms with E-state index in [4.69, 9.17) is 11.6 Å². The summed E-state index contributed by atoms with van der Waals surface area (Å²) in [5.74, 6) is 1.70. The van der Waals surface area contributed by atoms with E-state index < -0.39 is 0 Å². The lowest BCUT2D eigenvalue weighted by atomic mass is 9.75. The van der Waals surface area contributed by atoms with Gasteiger partial charge < -0.3 is 5.32 Å². The summed E-state index contributed by atoms with van der Waals surface area (Å²) >= 11 is 6.02. The van der Waals surface area contributed by atoms with Crippen molar-refractivity contribution in [3.8, 4) is 0 Å². The van der Waals surface area contributed by atoms with Gasteiger partial charge in [0.15, 0.2) is 0 Å². The Bertz CT molecular complexity index is 380. The third kappa shape index (κ3) is 2.66. The van der Waals surface area contributed by atoms with Crippen molar-refractivity contribution in [1.82, 2.24) is 5.32 Å². The molecule has 0 bridgehead atoms. The van der Waals surface area contributed by atoms with Crippen molar-refractivity contribution in [2.75, 3.05) is 6.54 Å². The van der Waals surface area contributed by atoms with Gasteiger partial charge in [-0.3, -0.25) is 0 Å². The summed E-state index contributed by atoms with van der Waals surface area (Å²) in [6.45, 7) is 1.24. The average molecular weight is 250 g/mol. The van der Waals surface area contributed by atoms with E-state index in [9.17, 15) is 0 Å². The molecule has 1 N–H and O–H groups in total. The average Bonchev–Trinajstić information content (AvgIpc) is 2.18. The maximum absolute atomic E-state index is 6.02. The molecule has 0 heterocycles. The Morgan fingerprint density at radius 3 is 2.71 bits per heavy atom. The molecule has 2 aliphatic rings. The van der Waals surface area contributed by atoms with Gasteiger partial charge in [-0.05, 0) is 61.8 Å². The molecule has 0 unspecified atom stereocenters. The van der Waals surface area contributed by atoms with Gasteiger partial charge in [0.2, 0.25) is 0 Å². The maximum atomic E-state index is 6.02. The van der Waals surface area contributed by atoms with Crippen LogP contribution in [0.3, 0.4) is 0 Å². The van der Waals surface area contributed by atoms with Crippen LogP contribution in [-0.4, -0.2) is 12.6 Å². The molecular formula is C15H20ClN. The SMILES string of the molecule is Clc1cccc(C2CC(NCC3CCC3)C2)c1. The lowest BCUT2D eigenvalue weighted by Gasteiger charge is -2.38. The molecule has 1 aromatic rings. The van der Waals surface area contributed by atoms with Crippen LogP contribution in [0, 0.1) is 5.92 Å². The van der Waals surface area contributed by atoms with Gasteiger partial charge in [0, 0.05) is 11.1 Å². The molecule has 0 aromatic heterocycles. The Balaban J connectivity index is 1.44. The summed E-state index contributed by atoms with van der Waals surface area (Å²) < 4.78 is 0. The first kappa shape index (κ1) is 11.6. The van der Waals surface area contributed by atoms with Crippen LogP contribution in [0.5, 0.6) is 0 Å². The van der Waals surface area contributed by atoms with Gasteiger partial charge in [-0.1, -0.05) is 30.2 Å². The number of nitrogens with one attached hydrogen (secondary N) is 1. The predicted molar refractivity (Wildman–Crippen MR) is 72.6 cm³/mol. The van der Waals surface area contributed by atoms with Crippen LogP contribution in [0.15, 0.2) is 24.3 Å². The highest BCUT2D eigenvalue weighted by atomic mass is 35.5. The van der Waals surface area contributed by atoms with Crippen LogP contribution in [0.25, 0.3) is 0 Å². The molecule has 0 saturated heterocycles. The second-order valence-corrected chi connectivity index (χ2v) is 6.06. The van der Waals surface area contributed by atoms with Gasteiger partial charge in [-0.15, -0.1) is 0 Å². The molecule has 0 radical (unpaired) electrons. The van der Waals surface area contributed by atoms with Crippen molar-refractivity contribution in [2.45, 2.75) is 44.1 Å². The van der Waals surface area contributed by atoms with Crippen molar-refractivity contribution >= 4 is 11.6 Å². The zero-order valence-corrected chi connectivity index (χ0v) is 10.9. The van der Waals surface area contributed by atoms with Crippen LogP contribution < -0.4 is 5.32 Å². The normalized spacial score (nSPS) is 28.5. The largest absolute Gasteiger partial charge is 0.314 e. The molecule has 0 aliphatic heterocycles. The minimum Gasteiger partial charge on any atom is -0.314 e. The molecule has 0 amide bonds. The Hall–Kier alpha value is -0.530. The second-order valence-electron chi connectivity index (χ2n) is 5.63. The summed E-state index contributed by atoms with van der Waals surface area (Å²) in [5.41, 5.74) is 1.42. The molecule has 2 heteroatoms. The van der Waals surface area contributed by atoms with E-state index in [2.05, 4.69) is 23.5 Å². The number of hydrogen-bond acceptors (Lipinski definition) is 1. The van der Waals surface area contributed by atoms with Crippen molar-refractivity contribution in [3.63, 3.8) is 0 Å². The molecule has 2 aliphatic carbocycles. The van der Waals surface area contributed by atoms with Crippen molar-refractivity contribution < 1.29 is 0 Å². The zero-order chi connectivity index (χ0) is 11.7. The lowest BCUT2D eigenvalue weighted by Crippen LogP contribution is -2.43. The van der Waals surface area contributed by atoms with E-state index in [-0.39, 0.29) is 0 Å². The first-order chi connectivity index (χ1) is 8.31. The van der Waals surface area contributed by atoms with Gasteiger partial charge in [0.1, 0.15) is 0 Å². The molecule has 2 saturated carbocycles. The minimum absolute atomic E-state index is 0.729.